The SMILES string of the molecule is ClCc1c(-c2ccccc2)[nH]c2ccccc12. The summed E-state index contributed by atoms with van der Waals surface area (Å²) < 4.78 is 0. The highest BCUT2D eigenvalue weighted by Gasteiger charge is 2.11. The van der Waals surface area contributed by atoms with Crippen LogP contribution >= 0.6 is 11.6 Å². The van der Waals surface area contributed by atoms with Crippen LogP contribution in [0.15, 0.2) is 54.6 Å². The van der Waals surface area contributed by atoms with Crippen LogP contribution in [0.25, 0.3) is 22.2 Å². The van der Waals surface area contributed by atoms with E-state index in [0.717, 1.165) is 11.2 Å². The predicted octanol–water partition coefficient (Wildman–Crippen LogP) is 4.57. The summed E-state index contributed by atoms with van der Waals surface area (Å²) in [5.74, 6) is 0.522. The van der Waals surface area contributed by atoms with E-state index in [1.165, 1.54) is 16.5 Å². The zero-order chi connectivity index (χ0) is 11.7. The lowest BCUT2D eigenvalue weighted by Crippen LogP contribution is -1.82. The molecule has 3 rings (SSSR count). The topological polar surface area (TPSA) is 15.8 Å². The van der Waals surface area contributed by atoms with Crippen LogP contribution in [-0.4, -0.2) is 4.98 Å². The van der Waals surface area contributed by atoms with Gasteiger partial charge in [-0.1, -0.05) is 48.5 Å². The van der Waals surface area contributed by atoms with Crippen LogP contribution in [0.1, 0.15) is 5.56 Å². The third kappa shape index (κ3) is 1.73. The van der Waals surface area contributed by atoms with Crippen LogP contribution in [-0.2, 0) is 5.88 Å². The van der Waals surface area contributed by atoms with Gasteiger partial charge in [0.15, 0.2) is 0 Å². The van der Waals surface area contributed by atoms with Crippen molar-refractivity contribution in [1.82, 2.24) is 4.98 Å². The van der Waals surface area contributed by atoms with Crippen LogP contribution in [0.2, 0.25) is 0 Å². The predicted molar refractivity (Wildman–Crippen MR) is 73.3 cm³/mol. The van der Waals surface area contributed by atoms with E-state index in [1.54, 1.807) is 0 Å². The number of hydrogen-bond donors (Lipinski definition) is 1. The molecule has 0 aliphatic rings. The molecule has 0 fully saturated rings. The first-order valence-electron chi connectivity index (χ1n) is 5.61. The van der Waals surface area contributed by atoms with Crippen molar-refractivity contribution in [2.45, 2.75) is 5.88 Å². The molecule has 0 unspecified atom stereocenters. The van der Waals surface area contributed by atoms with Crippen molar-refractivity contribution < 1.29 is 0 Å². The van der Waals surface area contributed by atoms with Gasteiger partial charge in [-0.2, -0.15) is 0 Å². The molecule has 0 amide bonds. The van der Waals surface area contributed by atoms with E-state index >= 15 is 0 Å². The second-order valence-corrected chi connectivity index (χ2v) is 4.29. The fourth-order valence-electron chi connectivity index (χ4n) is 2.19. The Labute approximate surface area is 105 Å². The second kappa shape index (κ2) is 4.27. The van der Waals surface area contributed by atoms with Gasteiger partial charge in [0.25, 0.3) is 0 Å². The van der Waals surface area contributed by atoms with E-state index < -0.39 is 0 Å². The van der Waals surface area contributed by atoms with Gasteiger partial charge in [-0.25, -0.2) is 0 Å². The molecule has 2 heteroatoms. The van der Waals surface area contributed by atoms with Gasteiger partial charge in [-0.3, -0.25) is 0 Å². The Balaban J connectivity index is 2.30. The first-order chi connectivity index (χ1) is 8.40. The number of rotatable bonds is 2. The Morgan fingerprint density at radius 3 is 2.35 bits per heavy atom. The van der Waals surface area contributed by atoms with Crippen LogP contribution in [0, 0.1) is 0 Å². The second-order valence-electron chi connectivity index (χ2n) is 4.02. The summed E-state index contributed by atoms with van der Waals surface area (Å²) in [5.41, 5.74) is 4.62. The van der Waals surface area contributed by atoms with Gasteiger partial charge in [0, 0.05) is 16.5 Å². The summed E-state index contributed by atoms with van der Waals surface area (Å²) in [6, 6.07) is 18.6. The maximum atomic E-state index is 6.08. The van der Waals surface area contributed by atoms with Crippen molar-refractivity contribution in [2.24, 2.45) is 0 Å². The monoisotopic (exact) mass is 241 g/mol. The third-order valence-corrected chi connectivity index (χ3v) is 3.28. The lowest BCUT2D eigenvalue weighted by atomic mass is 10.1. The summed E-state index contributed by atoms with van der Waals surface area (Å²) in [5, 5.41) is 1.21. The minimum atomic E-state index is 0.522. The fraction of sp³-hybridized carbons (Fsp3) is 0.0667. The smallest absolute Gasteiger partial charge is 0.0509 e. The van der Waals surface area contributed by atoms with Crippen LogP contribution in [0.4, 0.5) is 0 Å². The summed E-state index contributed by atoms with van der Waals surface area (Å²) in [6.07, 6.45) is 0. The van der Waals surface area contributed by atoms with Crippen molar-refractivity contribution in [3.8, 4) is 11.3 Å². The summed E-state index contributed by atoms with van der Waals surface area (Å²) >= 11 is 6.08. The molecular formula is C15H12ClN. The lowest BCUT2D eigenvalue weighted by Gasteiger charge is -2.01. The summed E-state index contributed by atoms with van der Waals surface area (Å²) in [4.78, 5) is 3.45. The number of aromatic nitrogens is 1. The van der Waals surface area contributed by atoms with Crippen molar-refractivity contribution in [1.29, 1.82) is 0 Å². The van der Waals surface area contributed by atoms with E-state index in [2.05, 4.69) is 29.2 Å². The standard InChI is InChI=1S/C15H12ClN/c16-10-13-12-8-4-5-9-14(12)17-15(13)11-6-2-1-3-7-11/h1-9,17H,10H2. The highest BCUT2D eigenvalue weighted by Crippen LogP contribution is 2.31. The molecule has 0 aliphatic heterocycles. The maximum absolute atomic E-state index is 6.08. The van der Waals surface area contributed by atoms with Crippen molar-refractivity contribution in [3.05, 3.63) is 60.2 Å². The number of hydrogen-bond acceptors (Lipinski definition) is 0. The maximum Gasteiger partial charge on any atom is 0.0509 e. The van der Waals surface area contributed by atoms with Gasteiger partial charge >= 0.3 is 0 Å². The molecule has 0 saturated heterocycles. The Kier molecular flexibility index (Phi) is 2.62. The molecule has 1 heterocycles. The summed E-state index contributed by atoms with van der Waals surface area (Å²) in [6.45, 7) is 0. The molecule has 0 atom stereocenters. The van der Waals surface area contributed by atoms with E-state index in [1.807, 2.05) is 30.3 Å². The van der Waals surface area contributed by atoms with E-state index in [9.17, 15) is 0 Å². The molecule has 1 aromatic heterocycles. The highest BCUT2D eigenvalue weighted by atomic mass is 35.5. The number of para-hydroxylation sites is 1. The quantitative estimate of drug-likeness (QED) is 0.633. The van der Waals surface area contributed by atoms with Gasteiger partial charge in [-0.15, -0.1) is 11.6 Å². The average molecular weight is 242 g/mol. The number of alkyl halides is 1. The molecule has 1 nitrogen and oxygen atoms in total. The van der Waals surface area contributed by atoms with Gasteiger partial charge in [-0.05, 0) is 11.6 Å². The molecule has 84 valence electrons. The largest absolute Gasteiger partial charge is 0.354 e. The van der Waals surface area contributed by atoms with Crippen molar-refractivity contribution in [2.75, 3.05) is 0 Å². The van der Waals surface area contributed by atoms with Crippen LogP contribution in [0.3, 0.4) is 0 Å². The van der Waals surface area contributed by atoms with Crippen LogP contribution in [0.5, 0.6) is 0 Å². The molecule has 0 aliphatic carbocycles. The molecule has 0 spiro atoms. The van der Waals surface area contributed by atoms with E-state index in [4.69, 9.17) is 11.6 Å². The first kappa shape index (κ1) is 10.4. The van der Waals surface area contributed by atoms with E-state index in [-0.39, 0.29) is 0 Å². The average Bonchev–Trinajstić information content (AvgIpc) is 2.78. The number of fused-ring (bicyclic) bond motifs is 1. The Morgan fingerprint density at radius 2 is 1.59 bits per heavy atom. The third-order valence-electron chi connectivity index (χ3n) is 3.01. The molecule has 0 saturated carbocycles. The minimum Gasteiger partial charge on any atom is -0.354 e. The number of nitrogens with one attached hydrogen (secondary N) is 1. The molecule has 2 aromatic carbocycles. The Hall–Kier alpha value is -1.73. The molecule has 0 radical (unpaired) electrons. The normalized spacial score (nSPS) is 10.9. The fourth-order valence-corrected chi connectivity index (χ4v) is 2.47. The zero-order valence-corrected chi connectivity index (χ0v) is 10.0. The Bertz CT molecular complexity index is 640. The van der Waals surface area contributed by atoms with Gasteiger partial charge in [0.1, 0.15) is 0 Å². The van der Waals surface area contributed by atoms with Crippen LogP contribution < -0.4 is 0 Å². The molecule has 0 bridgehead atoms. The lowest BCUT2D eigenvalue weighted by molar-refractivity contribution is 1.38. The molecule has 3 aromatic rings. The summed E-state index contributed by atoms with van der Waals surface area (Å²) in [7, 11) is 0. The number of H-pyrrole nitrogens is 1. The first-order valence-corrected chi connectivity index (χ1v) is 6.14. The number of aromatic amines is 1. The van der Waals surface area contributed by atoms with E-state index in [0.29, 0.717) is 5.88 Å². The Morgan fingerprint density at radius 1 is 0.882 bits per heavy atom. The van der Waals surface area contributed by atoms with Crippen molar-refractivity contribution in [3.63, 3.8) is 0 Å². The molecule has 1 N–H and O–H groups in total. The van der Waals surface area contributed by atoms with Gasteiger partial charge in [0.2, 0.25) is 0 Å². The number of benzene rings is 2. The van der Waals surface area contributed by atoms with Crippen molar-refractivity contribution >= 4 is 22.5 Å². The van der Waals surface area contributed by atoms with Gasteiger partial charge < -0.3 is 4.98 Å². The molecular weight excluding hydrogens is 230 g/mol. The molecule has 17 heavy (non-hydrogen) atoms. The zero-order valence-electron chi connectivity index (χ0n) is 9.28. The highest BCUT2D eigenvalue weighted by molar-refractivity contribution is 6.18. The number of halogens is 1. The minimum absolute atomic E-state index is 0.522. The van der Waals surface area contributed by atoms with Gasteiger partial charge in [0.05, 0.1) is 11.6 Å².